The Morgan fingerprint density at radius 2 is 1.79 bits per heavy atom. The summed E-state index contributed by atoms with van der Waals surface area (Å²) in [6.45, 7) is 4.26. The third-order valence-electron chi connectivity index (χ3n) is 6.11. The smallest absolute Gasteiger partial charge is 0.349 e. The molecule has 2 saturated heterocycles. The van der Waals surface area contributed by atoms with Gasteiger partial charge >= 0.3 is 6.18 Å². The summed E-state index contributed by atoms with van der Waals surface area (Å²) < 4.78 is 66.8. The lowest BCUT2D eigenvalue weighted by atomic mass is 10.1. The number of halogens is 3. The van der Waals surface area contributed by atoms with Crippen molar-refractivity contribution in [3.63, 3.8) is 0 Å². The Kier molecular flexibility index (Phi) is 7.84. The number of alkyl halides is 3. The third-order valence-corrected chi connectivity index (χ3v) is 8.48. The van der Waals surface area contributed by atoms with E-state index in [-0.39, 0.29) is 50.0 Å². The number of rotatable bonds is 5. The van der Waals surface area contributed by atoms with Crippen LogP contribution in [-0.2, 0) is 21.0 Å². The highest BCUT2D eigenvalue weighted by atomic mass is 32.2. The number of nitrogens with zero attached hydrogens (tertiary/aromatic N) is 2. The highest BCUT2D eigenvalue weighted by Gasteiger charge is 2.38. The predicted molar refractivity (Wildman–Crippen MR) is 117 cm³/mol. The van der Waals surface area contributed by atoms with Gasteiger partial charge in [0.1, 0.15) is 0 Å². The Hall–Kier alpha value is -2.40. The van der Waals surface area contributed by atoms with Crippen molar-refractivity contribution in [3.05, 3.63) is 48.0 Å². The number of hydrogen-bond acceptors (Lipinski definition) is 4. The predicted octanol–water partition coefficient (Wildman–Crippen LogP) is 2.80. The Balaban J connectivity index is 1.64. The van der Waals surface area contributed by atoms with Crippen molar-refractivity contribution in [1.82, 2.24) is 14.5 Å². The number of benzene rings is 1. The summed E-state index contributed by atoms with van der Waals surface area (Å²) in [6, 6.07) is 3.95. The highest BCUT2D eigenvalue weighted by Crippen LogP contribution is 2.30. The molecule has 2 amide bonds. The van der Waals surface area contributed by atoms with Crippen LogP contribution in [0.5, 0.6) is 0 Å². The lowest BCUT2D eigenvalue weighted by Crippen LogP contribution is -2.50. The van der Waals surface area contributed by atoms with Gasteiger partial charge in [0, 0.05) is 37.8 Å². The van der Waals surface area contributed by atoms with Crippen LogP contribution < -0.4 is 5.32 Å². The van der Waals surface area contributed by atoms with E-state index >= 15 is 0 Å². The van der Waals surface area contributed by atoms with E-state index < -0.39 is 32.9 Å². The number of likely N-dealkylation sites (tertiary alicyclic amines) is 1. The van der Waals surface area contributed by atoms with E-state index in [0.717, 1.165) is 24.6 Å². The van der Waals surface area contributed by atoms with Gasteiger partial charge in [-0.15, -0.1) is 0 Å². The molecule has 0 bridgehead atoms. The SMILES string of the molecule is C=CC(=O)NC1CCCCN(S(=O)(=O)C2CCN(C(=O)c3cccc(C(F)(F)F)c3)CC2)C1. The minimum absolute atomic E-state index is 0.0700. The van der Waals surface area contributed by atoms with E-state index in [1.807, 2.05) is 0 Å². The quantitative estimate of drug-likeness (QED) is 0.648. The molecule has 0 aromatic heterocycles. The summed E-state index contributed by atoms with van der Waals surface area (Å²) in [5.74, 6) is -0.889. The van der Waals surface area contributed by atoms with Crippen LogP contribution in [-0.4, -0.2) is 66.9 Å². The van der Waals surface area contributed by atoms with Gasteiger partial charge in [0.15, 0.2) is 0 Å². The average molecular weight is 488 g/mol. The lowest BCUT2D eigenvalue weighted by Gasteiger charge is -2.35. The Morgan fingerprint density at radius 3 is 2.42 bits per heavy atom. The van der Waals surface area contributed by atoms with E-state index in [0.29, 0.717) is 19.4 Å². The molecule has 2 aliphatic heterocycles. The van der Waals surface area contributed by atoms with Crippen LogP contribution >= 0.6 is 0 Å². The zero-order valence-electron chi connectivity index (χ0n) is 18.2. The molecule has 1 unspecified atom stereocenters. The molecule has 33 heavy (non-hydrogen) atoms. The van der Waals surface area contributed by atoms with E-state index in [1.165, 1.54) is 21.3 Å². The van der Waals surface area contributed by atoms with Gasteiger partial charge in [0.25, 0.3) is 5.91 Å². The Labute approximate surface area is 191 Å². The third kappa shape index (κ3) is 6.14. The van der Waals surface area contributed by atoms with Gasteiger partial charge < -0.3 is 10.2 Å². The van der Waals surface area contributed by atoms with Crippen LogP contribution in [0.2, 0.25) is 0 Å². The number of sulfonamides is 1. The van der Waals surface area contributed by atoms with Gasteiger partial charge in [-0.25, -0.2) is 8.42 Å². The summed E-state index contributed by atoms with van der Waals surface area (Å²) >= 11 is 0. The van der Waals surface area contributed by atoms with E-state index in [4.69, 9.17) is 0 Å². The maximum Gasteiger partial charge on any atom is 0.416 e. The van der Waals surface area contributed by atoms with Gasteiger partial charge in [0.05, 0.1) is 10.8 Å². The summed E-state index contributed by atoms with van der Waals surface area (Å²) in [5.41, 5.74) is -0.968. The molecule has 2 fully saturated rings. The normalized spacial score (nSPS) is 21.3. The van der Waals surface area contributed by atoms with Crippen LogP contribution in [0.1, 0.15) is 48.0 Å². The molecule has 0 saturated carbocycles. The van der Waals surface area contributed by atoms with E-state index in [9.17, 15) is 31.2 Å². The van der Waals surface area contributed by atoms with Crippen molar-refractivity contribution in [3.8, 4) is 0 Å². The zero-order chi connectivity index (χ0) is 24.2. The summed E-state index contributed by atoms with van der Waals surface area (Å²) in [4.78, 5) is 25.8. The molecule has 7 nitrogen and oxygen atoms in total. The van der Waals surface area contributed by atoms with Crippen LogP contribution in [0.15, 0.2) is 36.9 Å². The molecule has 1 N–H and O–H groups in total. The Morgan fingerprint density at radius 1 is 1.09 bits per heavy atom. The van der Waals surface area contributed by atoms with Gasteiger partial charge in [-0.05, 0) is 50.0 Å². The first-order valence-corrected chi connectivity index (χ1v) is 12.4. The number of carbonyl (C=O) groups excluding carboxylic acids is 2. The number of carbonyl (C=O) groups is 2. The highest BCUT2D eigenvalue weighted by molar-refractivity contribution is 7.89. The molecule has 1 atom stereocenters. The van der Waals surface area contributed by atoms with Gasteiger partial charge in [-0.2, -0.15) is 17.5 Å². The number of amides is 2. The lowest BCUT2D eigenvalue weighted by molar-refractivity contribution is -0.137. The molecule has 2 heterocycles. The zero-order valence-corrected chi connectivity index (χ0v) is 19.0. The second-order valence-corrected chi connectivity index (χ2v) is 10.6. The molecular formula is C22H28F3N3O4S. The van der Waals surface area contributed by atoms with Gasteiger partial charge in [0.2, 0.25) is 15.9 Å². The standard InChI is InChI=1S/C22H28F3N3O4S/c1-2-20(29)26-18-8-3-4-11-28(15-18)33(31,32)19-9-12-27(13-10-19)21(30)16-6-5-7-17(14-16)22(23,24)25/h2,5-7,14,18-19H,1,3-4,8-13,15H2,(H,26,29). The molecule has 0 radical (unpaired) electrons. The topological polar surface area (TPSA) is 86.8 Å². The van der Waals surface area contributed by atoms with E-state index in [2.05, 4.69) is 11.9 Å². The first-order chi connectivity index (χ1) is 15.5. The van der Waals surface area contributed by atoms with Gasteiger partial charge in [-0.3, -0.25) is 9.59 Å². The number of nitrogens with one attached hydrogen (secondary N) is 1. The molecule has 2 aliphatic rings. The number of hydrogen-bond donors (Lipinski definition) is 1. The number of piperidine rings is 1. The summed E-state index contributed by atoms with van der Waals surface area (Å²) in [7, 11) is -3.65. The first kappa shape index (κ1) is 25.2. The van der Waals surface area contributed by atoms with Gasteiger partial charge in [-0.1, -0.05) is 19.1 Å². The maximum atomic E-state index is 13.3. The van der Waals surface area contributed by atoms with Crippen LogP contribution in [0, 0.1) is 0 Å². The second-order valence-electron chi connectivity index (χ2n) is 8.38. The van der Waals surface area contributed by atoms with Crippen LogP contribution in [0.25, 0.3) is 0 Å². The van der Waals surface area contributed by atoms with Crippen LogP contribution in [0.4, 0.5) is 13.2 Å². The molecule has 11 heteroatoms. The van der Waals surface area contributed by atoms with Crippen LogP contribution in [0.3, 0.4) is 0 Å². The summed E-state index contributed by atoms with van der Waals surface area (Å²) in [6.07, 6.45) is -0.838. The maximum absolute atomic E-state index is 13.3. The van der Waals surface area contributed by atoms with Crippen molar-refractivity contribution in [1.29, 1.82) is 0 Å². The molecule has 0 spiro atoms. The van der Waals surface area contributed by atoms with Crippen molar-refractivity contribution < 1.29 is 31.2 Å². The first-order valence-electron chi connectivity index (χ1n) is 10.9. The minimum atomic E-state index is -4.55. The fourth-order valence-corrected chi connectivity index (χ4v) is 6.29. The molecule has 182 valence electrons. The fraction of sp³-hybridized carbons (Fsp3) is 0.545. The molecular weight excluding hydrogens is 459 g/mol. The molecule has 0 aliphatic carbocycles. The summed E-state index contributed by atoms with van der Waals surface area (Å²) in [5, 5.41) is 2.09. The Bertz CT molecular complexity index is 989. The van der Waals surface area contributed by atoms with Crippen molar-refractivity contribution in [2.75, 3.05) is 26.2 Å². The average Bonchev–Trinajstić information content (AvgIpc) is 3.04. The second kappa shape index (κ2) is 10.3. The van der Waals surface area contributed by atoms with Crippen molar-refractivity contribution >= 4 is 21.8 Å². The molecule has 1 aromatic rings. The minimum Gasteiger partial charge on any atom is -0.349 e. The van der Waals surface area contributed by atoms with Crippen molar-refractivity contribution in [2.24, 2.45) is 0 Å². The van der Waals surface area contributed by atoms with Crippen molar-refractivity contribution in [2.45, 2.75) is 49.6 Å². The fourth-order valence-electron chi connectivity index (χ4n) is 4.30. The molecule has 3 rings (SSSR count). The van der Waals surface area contributed by atoms with E-state index in [1.54, 1.807) is 0 Å². The molecule has 1 aromatic carbocycles. The largest absolute Gasteiger partial charge is 0.416 e. The monoisotopic (exact) mass is 487 g/mol.